The van der Waals surface area contributed by atoms with E-state index in [4.69, 9.17) is 0 Å². The zero-order valence-electron chi connectivity index (χ0n) is 9.93. The van der Waals surface area contributed by atoms with Crippen molar-refractivity contribution in [2.24, 2.45) is 0 Å². The number of aliphatic carboxylic acids is 1. The minimum absolute atomic E-state index is 0.681. The molecule has 1 aliphatic rings. The Morgan fingerprint density at radius 1 is 1.06 bits per heavy atom. The van der Waals surface area contributed by atoms with Crippen LogP contribution >= 0.6 is 0 Å². The van der Waals surface area contributed by atoms with E-state index in [0.29, 0.717) is 6.42 Å². The van der Waals surface area contributed by atoms with Gasteiger partial charge in [0, 0.05) is 0 Å². The van der Waals surface area contributed by atoms with Crippen LogP contribution in [0.25, 0.3) is 0 Å². The fraction of sp³-hybridized carbons (Fsp3) is 0.400. The van der Waals surface area contributed by atoms with Gasteiger partial charge in [0.05, 0.1) is 5.41 Å². The van der Waals surface area contributed by atoms with E-state index < -0.39 is 11.4 Å². The van der Waals surface area contributed by atoms with Gasteiger partial charge in [0.15, 0.2) is 0 Å². The van der Waals surface area contributed by atoms with Crippen molar-refractivity contribution >= 4 is 5.97 Å². The molecule has 2 rings (SSSR count). The van der Waals surface area contributed by atoms with Crippen molar-refractivity contribution in [1.29, 1.82) is 0 Å². The Morgan fingerprint density at radius 3 is 2.47 bits per heavy atom. The molecule has 0 aliphatic heterocycles. The number of carboxylic acid groups (broad SMARTS) is 1. The van der Waals surface area contributed by atoms with Gasteiger partial charge in [0.2, 0.25) is 0 Å². The second kappa shape index (κ2) is 5.17. The first-order chi connectivity index (χ1) is 8.26. The molecule has 0 aromatic heterocycles. The predicted octanol–water partition coefficient (Wildman–Crippen LogP) is 3.53. The molecular formula is C15H18O2. The van der Waals surface area contributed by atoms with E-state index in [2.05, 4.69) is 12.2 Å². The van der Waals surface area contributed by atoms with Gasteiger partial charge in [0.25, 0.3) is 0 Å². The van der Waals surface area contributed by atoms with Gasteiger partial charge in [-0.1, -0.05) is 42.5 Å². The molecule has 0 radical (unpaired) electrons. The van der Waals surface area contributed by atoms with Crippen molar-refractivity contribution in [3.8, 4) is 0 Å². The van der Waals surface area contributed by atoms with E-state index in [-0.39, 0.29) is 0 Å². The molecule has 1 atom stereocenters. The van der Waals surface area contributed by atoms with Crippen LogP contribution < -0.4 is 0 Å². The summed E-state index contributed by atoms with van der Waals surface area (Å²) in [6.07, 6.45) is 8.48. The van der Waals surface area contributed by atoms with Crippen LogP contribution in [0.4, 0.5) is 0 Å². The lowest BCUT2D eigenvalue weighted by Gasteiger charge is -2.30. The van der Waals surface area contributed by atoms with Crippen molar-refractivity contribution in [3.63, 3.8) is 0 Å². The molecule has 1 aliphatic carbocycles. The van der Waals surface area contributed by atoms with Gasteiger partial charge in [-0.2, -0.15) is 0 Å². The van der Waals surface area contributed by atoms with Crippen LogP contribution in [0.2, 0.25) is 0 Å². The number of hydrogen-bond acceptors (Lipinski definition) is 1. The van der Waals surface area contributed by atoms with Crippen LogP contribution in [-0.2, 0) is 10.2 Å². The first kappa shape index (κ1) is 11.9. The van der Waals surface area contributed by atoms with Gasteiger partial charge in [0.1, 0.15) is 0 Å². The summed E-state index contributed by atoms with van der Waals surface area (Å²) in [5.41, 5.74) is 0.259. The van der Waals surface area contributed by atoms with E-state index in [0.717, 1.165) is 31.2 Å². The van der Waals surface area contributed by atoms with Crippen molar-refractivity contribution < 1.29 is 9.90 Å². The molecule has 0 spiro atoms. The van der Waals surface area contributed by atoms with Crippen molar-refractivity contribution in [1.82, 2.24) is 0 Å². The predicted molar refractivity (Wildman–Crippen MR) is 68.0 cm³/mol. The molecule has 1 aromatic rings. The minimum atomic E-state index is -0.688. The summed E-state index contributed by atoms with van der Waals surface area (Å²) in [4.78, 5) is 11.7. The highest BCUT2D eigenvalue weighted by Crippen LogP contribution is 2.36. The lowest BCUT2D eigenvalue weighted by Crippen LogP contribution is -2.36. The maximum absolute atomic E-state index is 11.7. The summed E-state index contributed by atoms with van der Waals surface area (Å²) < 4.78 is 0. The summed E-state index contributed by atoms with van der Waals surface area (Å²) in [5.74, 6) is -0.681. The Kier molecular flexibility index (Phi) is 3.62. The molecule has 0 bridgehead atoms. The summed E-state index contributed by atoms with van der Waals surface area (Å²) in [5, 5.41) is 9.63. The number of rotatable bonds is 2. The fourth-order valence-corrected chi connectivity index (χ4v) is 2.60. The Balaban J connectivity index is 2.38. The second-order valence-electron chi connectivity index (χ2n) is 4.66. The van der Waals surface area contributed by atoms with Crippen LogP contribution in [-0.4, -0.2) is 11.1 Å². The van der Waals surface area contributed by atoms with Crippen LogP contribution in [0, 0.1) is 0 Å². The maximum atomic E-state index is 11.7. The second-order valence-corrected chi connectivity index (χ2v) is 4.66. The molecule has 1 N–H and O–H groups in total. The molecule has 1 aromatic carbocycles. The lowest BCUT2D eigenvalue weighted by molar-refractivity contribution is -0.144. The van der Waals surface area contributed by atoms with Gasteiger partial charge in [-0.15, -0.1) is 0 Å². The lowest BCUT2D eigenvalue weighted by atomic mass is 9.72. The van der Waals surface area contributed by atoms with Crippen LogP contribution in [0.3, 0.4) is 0 Å². The Labute approximate surface area is 102 Å². The van der Waals surface area contributed by atoms with Gasteiger partial charge < -0.3 is 5.11 Å². The normalized spacial score (nSPS) is 24.9. The zero-order chi connectivity index (χ0) is 12.1. The maximum Gasteiger partial charge on any atom is 0.314 e. The molecule has 0 amide bonds. The highest BCUT2D eigenvalue weighted by Gasteiger charge is 2.39. The van der Waals surface area contributed by atoms with E-state index >= 15 is 0 Å². The number of allylic oxidation sites excluding steroid dienone is 2. The number of hydrogen-bond donors (Lipinski definition) is 1. The number of carboxylic acids is 1. The Morgan fingerprint density at radius 2 is 1.76 bits per heavy atom. The van der Waals surface area contributed by atoms with Crippen molar-refractivity contribution in [2.45, 2.75) is 37.5 Å². The average molecular weight is 230 g/mol. The first-order valence-electron chi connectivity index (χ1n) is 6.20. The van der Waals surface area contributed by atoms with E-state index in [1.54, 1.807) is 0 Å². The largest absolute Gasteiger partial charge is 0.481 e. The Hall–Kier alpha value is -1.57. The van der Waals surface area contributed by atoms with Crippen LogP contribution in [0.15, 0.2) is 42.5 Å². The SMILES string of the molecule is O=C(O)C1(c2ccccc2)CCC=CCCC1. The third kappa shape index (κ3) is 2.41. The van der Waals surface area contributed by atoms with Gasteiger partial charge in [-0.05, 0) is 37.7 Å². The molecular weight excluding hydrogens is 212 g/mol. The zero-order valence-corrected chi connectivity index (χ0v) is 9.93. The van der Waals surface area contributed by atoms with E-state index in [1.165, 1.54) is 0 Å². The van der Waals surface area contributed by atoms with E-state index in [1.807, 2.05) is 30.3 Å². The van der Waals surface area contributed by atoms with Gasteiger partial charge in [-0.25, -0.2) is 0 Å². The van der Waals surface area contributed by atoms with Crippen molar-refractivity contribution in [3.05, 3.63) is 48.0 Å². The van der Waals surface area contributed by atoms with Crippen LogP contribution in [0.1, 0.15) is 37.7 Å². The summed E-state index contributed by atoms with van der Waals surface area (Å²) in [6.45, 7) is 0. The van der Waals surface area contributed by atoms with Crippen LogP contribution in [0.5, 0.6) is 0 Å². The smallest absolute Gasteiger partial charge is 0.314 e. The fourth-order valence-electron chi connectivity index (χ4n) is 2.60. The molecule has 0 heterocycles. The summed E-state index contributed by atoms with van der Waals surface area (Å²) in [6, 6.07) is 9.67. The monoisotopic (exact) mass is 230 g/mol. The molecule has 2 heteroatoms. The number of carbonyl (C=O) groups is 1. The molecule has 0 fully saturated rings. The molecule has 1 unspecified atom stereocenters. The highest BCUT2D eigenvalue weighted by molar-refractivity contribution is 5.81. The Bertz CT molecular complexity index is 408. The molecule has 17 heavy (non-hydrogen) atoms. The third-order valence-corrected chi connectivity index (χ3v) is 3.61. The molecule has 0 saturated heterocycles. The summed E-state index contributed by atoms with van der Waals surface area (Å²) >= 11 is 0. The minimum Gasteiger partial charge on any atom is -0.481 e. The highest BCUT2D eigenvalue weighted by atomic mass is 16.4. The first-order valence-corrected chi connectivity index (χ1v) is 6.20. The standard InChI is InChI=1S/C15H18O2/c16-14(17)15(13-9-5-4-6-10-13)11-7-2-1-3-8-12-15/h1-2,4-6,9-10H,3,7-8,11-12H2,(H,16,17). The molecule has 2 nitrogen and oxygen atoms in total. The molecule has 0 saturated carbocycles. The van der Waals surface area contributed by atoms with Gasteiger partial charge in [-0.3, -0.25) is 4.79 Å². The molecule has 90 valence electrons. The van der Waals surface area contributed by atoms with Gasteiger partial charge >= 0.3 is 5.97 Å². The quantitative estimate of drug-likeness (QED) is 0.789. The van der Waals surface area contributed by atoms with E-state index in [9.17, 15) is 9.90 Å². The average Bonchev–Trinajstić information content (AvgIpc) is 2.30. The number of benzene rings is 1. The summed E-state index contributed by atoms with van der Waals surface area (Å²) in [7, 11) is 0. The topological polar surface area (TPSA) is 37.3 Å². The third-order valence-electron chi connectivity index (χ3n) is 3.61. The van der Waals surface area contributed by atoms with Crippen molar-refractivity contribution in [2.75, 3.05) is 0 Å².